The van der Waals surface area contributed by atoms with Crippen molar-refractivity contribution < 1.29 is 29.8 Å². The molecule has 0 saturated carbocycles. The Bertz CT molecular complexity index is 25.7. The van der Waals surface area contributed by atoms with Crippen LogP contribution in [0, 0.1) is 0 Å². The van der Waals surface area contributed by atoms with Crippen LogP contribution in [-0.4, -0.2) is 0 Å². The standard InChI is InChI=1S/O6P/c1-4-7(5-2)6-3. The van der Waals surface area contributed by atoms with Crippen molar-refractivity contribution in [1.82, 2.24) is 0 Å². The van der Waals surface area contributed by atoms with Crippen molar-refractivity contribution in [2.75, 3.05) is 0 Å². The first kappa shape index (κ1) is 7.19. The molecule has 0 N–H and O–H groups in total. The van der Waals surface area contributed by atoms with E-state index in [-0.39, 0.29) is 0 Å². The van der Waals surface area contributed by atoms with Crippen LogP contribution in [-0.2, 0) is 29.8 Å². The summed E-state index contributed by atoms with van der Waals surface area (Å²) in [5.41, 5.74) is 0. The molecular weight excluding hydrogens is 127 g/mol. The molecule has 0 aromatic heterocycles. The fraction of sp³-hybridized carbons (Fsp3) is 0. The van der Waals surface area contributed by atoms with Gasteiger partial charge in [0.15, 0.2) is 0 Å². The summed E-state index contributed by atoms with van der Waals surface area (Å²) < 4.78 is 8.38. The normalized spacial score (nSPS) is 10.3. The molecule has 0 unspecified atom stereocenters. The summed E-state index contributed by atoms with van der Waals surface area (Å²) in [7, 11) is -2.72. The molecule has 0 aliphatic heterocycles. The van der Waals surface area contributed by atoms with Gasteiger partial charge in [0.1, 0.15) is 0 Å². The summed E-state index contributed by atoms with van der Waals surface area (Å²) in [5.74, 6) is 0. The first-order valence-corrected chi connectivity index (χ1v) is 2.14. The Hall–Kier alpha value is 0.190. The number of hydrogen-bond acceptors (Lipinski definition) is 3. The minimum atomic E-state index is -2.72. The van der Waals surface area contributed by atoms with E-state index in [2.05, 4.69) is 14.0 Å². The fourth-order valence-electron chi connectivity index (χ4n) is 0.0373. The third-order valence-electron chi connectivity index (χ3n) is 0.183. The van der Waals surface area contributed by atoms with Crippen molar-refractivity contribution in [3.05, 3.63) is 0 Å². The van der Waals surface area contributed by atoms with E-state index < -0.39 is 8.60 Å². The fourth-order valence-corrected chi connectivity index (χ4v) is 0.112. The van der Waals surface area contributed by atoms with Gasteiger partial charge in [-0.25, -0.2) is 0 Å². The van der Waals surface area contributed by atoms with E-state index in [1.54, 1.807) is 0 Å². The Morgan fingerprint density at radius 2 is 1.14 bits per heavy atom. The lowest BCUT2D eigenvalue weighted by atomic mass is 14.9. The van der Waals surface area contributed by atoms with Crippen LogP contribution in [0.1, 0.15) is 0 Å². The molecule has 0 bridgehead atoms. The van der Waals surface area contributed by atoms with Crippen LogP contribution in [0.4, 0.5) is 0 Å². The van der Waals surface area contributed by atoms with Gasteiger partial charge < -0.3 is 0 Å². The van der Waals surface area contributed by atoms with E-state index in [0.717, 1.165) is 0 Å². The van der Waals surface area contributed by atoms with E-state index in [0.29, 0.717) is 0 Å². The van der Waals surface area contributed by atoms with E-state index in [4.69, 9.17) is 15.8 Å². The van der Waals surface area contributed by atoms with Gasteiger partial charge in [-0.15, -0.1) is 14.0 Å². The molecule has 0 aliphatic rings. The number of hydrogen-bond donors (Lipinski definition) is 0. The van der Waals surface area contributed by atoms with Crippen LogP contribution in [0.5, 0.6) is 0 Å². The van der Waals surface area contributed by atoms with Crippen molar-refractivity contribution in [3.63, 3.8) is 0 Å². The maximum atomic E-state index is 8.97. The molecule has 0 aromatic rings. The highest BCUT2D eigenvalue weighted by molar-refractivity contribution is 7.41. The first-order chi connectivity index (χ1) is 3.35. The van der Waals surface area contributed by atoms with Crippen LogP contribution >= 0.6 is 8.60 Å². The minimum absolute atomic E-state index is 2.72. The summed E-state index contributed by atoms with van der Waals surface area (Å²) in [6, 6.07) is 0. The van der Waals surface area contributed by atoms with Gasteiger partial charge in [-0.2, -0.15) is 0 Å². The van der Waals surface area contributed by atoms with Crippen LogP contribution in [0.15, 0.2) is 0 Å². The Labute approximate surface area is 39.6 Å². The van der Waals surface area contributed by atoms with Gasteiger partial charge in [0.05, 0.1) is 0 Å². The molecule has 0 amide bonds. The van der Waals surface area contributed by atoms with Crippen molar-refractivity contribution in [3.8, 4) is 0 Å². The van der Waals surface area contributed by atoms with Gasteiger partial charge in [0.25, 0.3) is 0 Å². The second kappa shape index (κ2) is 4.35. The van der Waals surface area contributed by atoms with Crippen LogP contribution in [0.25, 0.3) is 0 Å². The average Bonchev–Trinajstić information content (AvgIpc) is 1.72. The van der Waals surface area contributed by atoms with Gasteiger partial charge in [-0.3, -0.25) is 0 Å². The second-order valence-electron chi connectivity index (χ2n) is 0.447. The molecule has 6 nitrogen and oxygen atoms in total. The largest absolute Gasteiger partial charge is 0.429 e. The van der Waals surface area contributed by atoms with Crippen LogP contribution in [0.2, 0.25) is 0 Å². The Morgan fingerprint density at radius 3 is 1.14 bits per heavy atom. The molecule has 7 heavy (non-hydrogen) atoms. The van der Waals surface area contributed by atoms with Crippen molar-refractivity contribution in [2.24, 2.45) is 0 Å². The number of rotatable bonds is 3. The van der Waals surface area contributed by atoms with Gasteiger partial charge in [-0.05, 0) is 15.8 Å². The SMILES string of the molecule is [O]OP(O[O])O[O]. The Morgan fingerprint density at radius 1 is 0.857 bits per heavy atom. The monoisotopic (exact) mass is 127 g/mol. The van der Waals surface area contributed by atoms with E-state index in [1.807, 2.05) is 0 Å². The molecule has 3 radical (unpaired) electrons. The zero-order valence-corrected chi connectivity index (χ0v) is 3.79. The predicted octanol–water partition coefficient (Wildman–Crippen LogP) is 0.300. The highest BCUT2D eigenvalue weighted by Crippen LogP contribution is 2.35. The lowest BCUT2D eigenvalue weighted by Crippen LogP contribution is -1.79. The maximum absolute atomic E-state index is 8.97. The molecular formula is O6P. The zero-order valence-electron chi connectivity index (χ0n) is 2.90. The average molecular weight is 127 g/mol. The van der Waals surface area contributed by atoms with Crippen molar-refractivity contribution in [2.45, 2.75) is 0 Å². The van der Waals surface area contributed by atoms with Crippen molar-refractivity contribution >= 4 is 8.60 Å². The second-order valence-corrected chi connectivity index (χ2v) is 1.34. The van der Waals surface area contributed by atoms with E-state index in [9.17, 15) is 0 Å². The zero-order chi connectivity index (χ0) is 5.70. The third kappa shape index (κ3) is 2.84. The minimum Gasteiger partial charge on any atom is -0.115 e. The molecule has 0 heterocycles. The molecule has 0 fully saturated rings. The third-order valence-corrected chi connectivity index (χ3v) is 0.548. The molecule has 41 valence electrons. The summed E-state index contributed by atoms with van der Waals surface area (Å²) in [5, 5.41) is 26.9. The summed E-state index contributed by atoms with van der Waals surface area (Å²) in [6.45, 7) is 0. The Balaban J connectivity index is 2.99. The highest BCUT2D eigenvalue weighted by atomic mass is 31.2. The van der Waals surface area contributed by atoms with Crippen LogP contribution in [0.3, 0.4) is 0 Å². The molecule has 0 atom stereocenters. The first-order valence-electron chi connectivity index (χ1n) is 1.05. The van der Waals surface area contributed by atoms with Gasteiger partial charge in [0, 0.05) is 0 Å². The highest BCUT2D eigenvalue weighted by Gasteiger charge is 2.12. The van der Waals surface area contributed by atoms with E-state index >= 15 is 0 Å². The lowest BCUT2D eigenvalue weighted by molar-refractivity contribution is -0.321. The lowest BCUT2D eigenvalue weighted by Gasteiger charge is -1.92. The van der Waals surface area contributed by atoms with E-state index in [1.165, 1.54) is 0 Å². The smallest absolute Gasteiger partial charge is 0.115 e. The molecule has 0 aliphatic carbocycles. The summed E-state index contributed by atoms with van der Waals surface area (Å²) in [6.07, 6.45) is 0. The molecule has 7 heteroatoms. The van der Waals surface area contributed by atoms with Gasteiger partial charge in [0.2, 0.25) is 0 Å². The topological polar surface area (TPSA) is 87.4 Å². The molecule has 0 aromatic carbocycles. The molecule has 0 rings (SSSR count). The quantitative estimate of drug-likeness (QED) is 0.310. The maximum Gasteiger partial charge on any atom is 0.429 e. The van der Waals surface area contributed by atoms with Gasteiger partial charge >= 0.3 is 8.60 Å². The van der Waals surface area contributed by atoms with Crippen LogP contribution < -0.4 is 0 Å². The van der Waals surface area contributed by atoms with Crippen molar-refractivity contribution in [1.29, 1.82) is 0 Å². The Kier molecular flexibility index (Phi) is 4.47. The summed E-state index contributed by atoms with van der Waals surface area (Å²) in [4.78, 5) is 0. The van der Waals surface area contributed by atoms with Gasteiger partial charge in [-0.1, -0.05) is 0 Å². The molecule has 0 saturated heterocycles. The molecule has 0 spiro atoms. The predicted molar refractivity (Wildman–Crippen MR) is 12.2 cm³/mol. The summed E-state index contributed by atoms with van der Waals surface area (Å²) >= 11 is 0.